The van der Waals surface area contributed by atoms with Crippen LogP contribution in [0.25, 0.3) is 0 Å². The quantitative estimate of drug-likeness (QED) is 0.624. The van der Waals surface area contributed by atoms with E-state index in [1.54, 1.807) is 27.4 Å². The standard InChI is InChI=1S/C20H31N3O5S/c1-27-18-9-7-8-17(19(18)28-2)20(24)22-14-16(15-22)23(29(3,25)26)13-12-21-10-5-4-6-11-21/h7-9,16H,4-6,10-15H2,1-3H3. The fourth-order valence-corrected chi connectivity index (χ4v) is 5.16. The van der Waals surface area contributed by atoms with Crippen molar-refractivity contribution in [1.82, 2.24) is 14.1 Å². The number of methoxy groups -OCH3 is 2. The number of likely N-dealkylation sites (tertiary alicyclic amines) is 2. The first-order chi connectivity index (χ1) is 13.8. The first kappa shape index (κ1) is 21.9. The zero-order valence-electron chi connectivity index (χ0n) is 17.5. The Morgan fingerprint density at radius 3 is 2.41 bits per heavy atom. The molecule has 0 bridgehead atoms. The molecule has 0 spiro atoms. The van der Waals surface area contributed by atoms with Crippen LogP contribution in [-0.4, -0.2) is 94.2 Å². The number of hydrogen-bond acceptors (Lipinski definition) is 6. The Balaban J connectivity index is 1.63. The van der Waals surface area contributed by atoms with E-state index >= 15 is 0 Å². The molecule has 0 radical (unpaired) electrons. The van der Waals surface area contributed by atoms with E-state index < -0.39 is 10.0 Å². The highest BCUT2D eigenvalue weighted by Crippen LogP contribution is 2.32. The smallest absolute Gasteiger partial charge is 0.257 e. The Morgan fingerprint density at radius 2 is 1.83 bits per heavy atom. The van der Waals surface area contributed by atoms with E-state index in [4.69, 9.17) is 9.47 Å². The van der Waals surface area contributed by atoms with Crippen LogP contribution in [0.2, 0.25) is 0 Å². The largest absolute Gasteiger partial charge is 0.493 e. The number of ether oxygens (including phenoxy) is 2. The molecule has 9 heteroatoms. The number of para-hydroxylation sites is 1. The van der Waals surface area contributed by atoms with Gasteiger partial charge in [-0.05, 0) is 38.1 Å². The van der Waals surface area contributed by atoms with Gasteiger partial charge in [0.25, 0.3) is 5.91 Å². The predicted molar refractivity (Wildman–Crippen MR) is 111 cm³/mol. The third-order valence-corrected chi connectivity index (χ3v) is 7.03. The van der Waals surface area contributed by atoms with Crippen molar-refractivity contribution in [3.63, 3.8) is 0 Å². The third-order valence-electron chi connectivity index (χ3n) is 5.70. The number of piperidine rings is 1. The Labute approximate surface area is 173 Å². The molecule has 2 fully saturated rings. The highest BCUT2D eigenvalue weighted by Gasteiger charge is 2.39. The maximum absolute atomic E-state index is 12.9. The zero-order valence-corrected chi connectivity index (χ0v) is 18.3. The van der Waals surface area contributed by atoms with Gasteiger partial charge in [0.2, 0.25) is 10.0 Å². The van der Waals surface area contributed by atoms with Gasteiger partial charge in [-0.1, -0.05) is 12.5 Å². The Kier molecular flexibility index (Phi) is 7.02. The van der Waals surface area contributed by atoms with Gasteiger partial charge in [0.05, 0.1) is 32.1 Å². The number of amides is 1. The minimum absolute atomic E-state index is 0.179. The van der Waals surface area contributed by atoms with Gasteiger partial charge in [0.1, 0.15) is 0 Å². The van der Waals surface area contributed by atoms with Gasteiger partial charge in [-0.2, -0.15) is 4.31 Å². The van der Waals surface area contributed by atoms with Crippen molar-refractivity contribution >= 4 is 15.9 Å². The van der Waals surface area contributed by atoms with Gasteiger partial charge in [0, 0.05) is 26.2 Å². The molecule has 3 rings (SSSR count). The summed E-state index contributed by atoms with van der Waals surface area (Å²) in [5.41, 5.74) is 0.421. The number of carbonyl (C=O) groups is 1. The topological polar surface area (TPSA) is 79.4 Å². The number of carbonyl (C=O) groups excluding carboxylic acids is 1. The Hall–Kier alpha value is -1.84. The lowest BCUT2D eigenvalue weighted by molar-refractivity contribution is 0.0434. The normalized spacial score (nSPS) is 18.6. The number of rotatable bonds is 8. The number of nitrogens with zero attached hydrogens (tertiary/aromatic N) is 3. The zero-order chi connectivity index (χ0) is 21.0. The van der Waals surface area contributed by atoms with Gasteiger partial charge in [-0.3, -0.25) is 4.79 Å². The van der Waals surface area contributed by atoms with Gasteiger partial charge in [-0.15, -0.1) is 0 Å². The van der Waals surface area contributed by atoms with Crippen LogP contribution in [0.4, 0.5) is 0 Å². The van der Waals surface area contributed by atoms with E-state index in [2.05, 4.69) is 4.90 Å². The lowest BCUT2D eigenvalue weighted by atomic mass is 10.1. The fourth-order valence-electron chi connectivity index (χ4n) is 4.07. The maximum Gasteiger partial charge on any atom is 0.257 e. The summed E-state index contributed by atoms with van der Waals surface area (Å²) in [6.45, 7) is 4.03. The van der Waals surface area contributed by atoms with E-state index in [1.165, 1.54) is 39.7 Å². The highest BCUT2D eigenvalue weighted by molar-refractivity contribution is 7.88. The summed E-state index contributed by atoms with van der Waals surface area (Å²) in [5.74, 6) is 0.713. The molecular weight excluding hydrogens is 394 g/mol. The minimum atomic E-state index is -3.34. The van der Waals surface area contributed by atoms with E-state index in [1.807, 2.05) is 0 Å². The molecule has 29 heavy (non-hydrogen) atoms. The molecule has 162 valence electrons. The molecule has 0 unspecified atom stereocenters. The van der Waals surface area contributed by atoms with Crippen molar-refractivity contribution in [2.75, 3.05) is 59.7 Å². The summed E-state index contributed by atoms with van der Waals surface area (Å²) in [6, 6.07) is 4.99. The van der Waals surface area contributed by atoms with Crippen LogP contribution in [0.15, 0.2) is 18.2 Å². The van der Waals surface area contributed by atoms with Crippen molar-refractivity contribution in [3.8, 4) is 11.5 Å². The lowest BCUT2D eigenvalue weighted by Gasteiger charge is -2.44. The van der Waals surface area contributed by atoms with Crippen LogP contribution in [0.3, 0.4) is 0 Å². The molecule has 2 saturated heterocycles. The summed E-state index contributed by atoms with van der Waals surface area (Å²) in [6.07, 6.45) is 4.85. The Bertz CT molecular complexity index is 817. The summed E-state index contributed by atoms with van der Waals surface area (Å²) in [4.78, 5) is 16.9. The van der Waals surface area contributed by atoms with Gasteiger partial charge >= 0.3 is 0 Å². The van der Waals surface area contributed by atoms with Gasteiger partial charge < -0.3 is 19.3 Å². The summed E-state index contributed by atoms with van der Waals surface area (Å²) >= 11 is 0. The van der Waals surface area contributed by atoms with E-state index in [9.17, 15) is 13.2 Å². The summed E-state index contributed by atoms with van der Waals surface area (Å²) < 4.78 is 36.8. The molecule has 2 heterocycles. The summed E-state index contributed by atoms with van der Waals surface area (Å²) in [5, 5.41) is 0. The highest BCUT2D eigenvalue weighted by atomic mass is 32.2. The first-order valence-electron chi connectivity index (χ1n) is 10.0. The van der Waals surface area contributed by atoms with Crippen molar-refractivity contribution in [2.45, 2.75) is 25.3 Å². The fraction of sp³-hybridized carbons (Fsp3) is 0.650. The number of benzene rings is 1. The number of hydrogen-bond donors (Lipinski definition) is 0. The molecule has 1 aromatic carbocycles. The molecule has 1 amide bonds. The lowest BCUT2D eigenvalue weighted by Crippen LogP contribution is -2.63. The molecule has 1 aromatic rings. The monoisotopic (exact) mass is 425 g/mol. The van der Waals surface area contributed by atoms with Crippen LogP contribution in [0.5, 0.6) is 11.5 Å². The first-order valence-corrected chi connectivity index (χ1v) is 11.9. The molecule has 8 nitrogen and oxygen atoms in total. The average molecular weight is 426 g/mol. The molecule has 0 N–H and O–H groups in total. The maximum atomic E-state index is 12.9. The van der Waals surface area contributed by atoms with E-state index in [0.29, 0.717) is 36.7 Å². The van der Waals surface area contributed by atoms with Crippen molar-refractivity contribution < 1.29 is 22.7 Å². The van der Waals surface area contributed by atoms with Gasteiger partial charge in [-0.25, -0.2) is 8.42 Å². The second-order valence-corrected chi connectivity index (χ2v) is 9.62. The van der Waals surface area contributed by atoms with Crippen molar-refractivity contribution in [2.24, 2.45) is 0 Å². The number of sulfonamides is 1. The molecule has 2 aliphatic rings. The van der Waals surface area contributed by atoms with Crippen LogP contribution in [-0.2, 0) is 10.0 Å². The molecule has 0 atom stereocenters. The molecule has 0 aromatic heterocycles. The molecular formula is C20H31N3O5S. The van der Waals surface area contributed by atoms with Crippen LogP contribution >= 0.6 is 0 Å². The average Bonchev–Trinajstić information content (AvgIpc) is 2.68. The van der Waals surface area contributed by atoms with Crippen LogP contribution in [0.1, 0.15) is 29.6 Å². The van der Waals surface area contributed by atoms with Crippen LogP contribution < -0.4 is 9.47 Å². The minimum Gasteiger partial charge on any atom is -0.493 e. The van der Waals surface area contributed by atoms with Crippen LogP contribution in [0, 0.1) is 0 Å². The van der Waals surface area contributed by atoms with Crippen molar-refractivity contribution in [3.05, 3.63) is 23.8 Å². The van der Waals surface area contributed by atoms with E-state index in [-0.39, 0.29) is 11.9 Å². The summed E-state index contributed by atoms with van der Waals surface area (Å²) in [7, 11) is -0.314. The second-order valence-electron chi connectivity index (χ2n) is 7.68. The third kappa shape index (κ3) is 5.02. The molecule has 0 aliphatic carbocycles. The molecule has 2 aliphatic heterocycles. The van der Waals surface area contributed by atoms with Gasteiger partial charge in [0.15, 0.2) is 11.5 Å². The molecule has 0 saturated carbocycles. The Morgan fingerprint density at radius 1 is 1.14 bits per heavy atom. The SMILES string of the molecule is COc1cccc(C(=O)N2CC(N(CCN3CCCCC3)S(C)(=O)=O)C2)c1OC. The predicted octanol–water partition coefficient (Wildman–Crippen LogP) is 1.28. The van der Waals surface area contributed by atoms with E-state index in [0.717, 1.165) is 19.6 Å². The van der Waals surface area contributed by atoms with Crippen molar-refractivity contribution in [1.29, 1.82) is 0 Å². The second kappa shape index (κ2) is 9.32.